The van der Waals surface area contributed by atoms with Gasteiger partial charge in [-0.05, 0) is 17.2 Å². The van der Waals surface area contributed by atoms with E-state index in [2.05, 4.69) is 57.0 Å². The summed E-state index contributed by atoms with van der Waals surface area (Å²) in [6.45, 7) is 4.82. The van der Waals surface area contributed by atoms with Gasteiger partial charge in [0.05, 0.1) is 10.5 Å². The molecule has 0 radical (unpaired) electrons. The predicted molar refractivity (Wildman–Crippen MR) is 99.9 cm³/mol. The van der Waals surface area contributed by atoms with Crippen LogP contribution in [0.4, 0.5) is 4.39 Å². The number of fused-ring (bicyclic) bond motifs is 3. The maximum atomic E-state index is 14.4. The lowest BCUT2D eigenvalue weighted by molar-refractivity contribution is 0.226. The second-order valence-corrected chi connectivity index (χ2v) is 7.74. The number of nitrogens with one attached hydrogen (secondary N) is 1. The Bertz CT molecular complexity index is 907. The van der Waals surface area contributed by atoms with Gasteiger partial charge in [0.1, 0.15) is 0 Å². The number of benzene rings is 2. The van der Waals surface area contributed by atoms with E-state index in [1.54, 1.807) is 6.07 Å². The van der Waals surface area contributed by atoms with E-state index in [-0.39, 0.29) is 10.8 Å². The number of nitrogens with zero attached hydrogens (tertiary/aromatic N) is 1. The molecule has 0 aliphatic carbocycles. The number of aromatic amines is 1. The van der Waals surface area contributed by atoms with Crippen LogP contribution in [-0.4, -0.2) is 16.4 Å². The number of halogens is 3. The summed E-state index contributed by atoms with van der Waals surface area (Å²) in [6, 6.07) is 12.1. The molecule has 0 amide bonds. The van der Waals surface area contributed by atoms with E-state index in [0.29, 0.717) is 11.4 Å². The summed E-state index contributed by atoms with van der Waals surface area (Å²) >= 11 is 9.55. The Kier molecular flexibility index (Phi) is 4.15. The molecule has 1 aromatic heterocycles. The Morgan fingerprint density at radius 2 is 2.08 bits per heavy atom. The van der Waals surface area contributed by atoms with E-state index in [1.807, 2.05) is 6.07 Å². The lowest BCUT2D eigenvalue weighted by Gasteiger charge is -2.31. The summed E-state index contributed by atoms with van der Waals surface area (Å²) in [5.74, 6) is -0.0546. The summed E-state index contributed by atoms with van der Waals surface area (Å²) < 4.78 is 15.3. The summed E-state index contributed by atoms with van der Waals surface area (Å²) in [4.78, 5) is 5.70. The molecular formula is C19H17BrClFN2. The van der Waals surface area contributed by atoms with Crippen LogP contribution in [0.1, 0.15) is 29.7 Å². The molecule has 1 unspecified atom stereocenters. The Balaban J connectivity index is 1.76. The third-order valence-corrected chi connectivity index (χ3v) is 5.61. The molecule has 124 valence electrons. The molecule has 0 fully saturated rings. The minimum absolute atomic E-state index is 0.141. The van der Waals surface area contributed by atoms with Crippen LogP contribution in [0.5, 0.6) is 0 Å². The topological polar surface area (TPSA) is 19.0 Å². The zero-order valence-electron chi connectivity index (χ0n) is 13.2. The first-order chi connectivity index (χ1) is 11.5. The van der Waals surface area contributed by atoms with E-state index in [4.69, 9.17) is 11.6 Å². The molecule has 3 aromatic rings. The maximum Gasteiger partial charge on any atom is 0.165 e. The van der Waals surface area contributed by atoms with Crippen LogP contribution < -0.4 is 0 Å². The molecule has 5 heteroatoms. The first kappa shape index (κ1) is 16.1. The normalized spacial score (nSPS) is 18.1. The lowest BCUT2D eigenvalue weighted by Crippen LogP contribution is -2.32. The zero-order chi connectivity index (χ0) is 16.8. The van der Waals surface area contributed by atoms with E-state index >= 15 is 0 Å². The van der Waals surface area contributed by atoms with Gasteiger partial charge in [-0.1, -0.05) is 64.8 Å². The lowest BCUT2D eigenvalue weighted by atomic mass is 9.96. The molecule has 4 rings (SSSR count). The van der Waals surface area contributed by atoms with Gasteiger partial charge in [-0.15, -0.1) is 0 Å². The van der Waals surface area contributed by atoms with Crippen LogP contribution in [0, 0.1) is 5.82 Å². The second-order valence-electron chi connectivity index (χ2n) is 6.48. The van der Waals surface area contributed by atoms with Crippen LogP contribution in [0.2, 0.25) is 5.02 Å². The Labute approximate surface area is 153 Å². The highest BCUT2D eigenvalue weighted by atomic mass is 79.9. The summed E-state index contributed by atoms with van der Waals surface area (Å²) in [5.41, 5.74) is 4.09. The molecular weight excluding hydrogens is 391 g/mol. The SMILES string of the molecule is CC1CN(Cc2ccccc2)Cc2c1[nH]c1c(F)c(Cl)cc(Br)c21. The standard InChI is InChI=1S/C19H17BrClFN2/c1-11-8-24(9-12-5-3-2-4-6-12)10-13-16-14(20)7-15(21)17(22)19(16)23-18(11)13/h2-7,11,23H,8-10H2,1H3. The molecule has 0 saturated carbocycles. The van der Waals surface area contributed by atoms with Crippen molar-refractivity contribution in [3.8, 4) is 0 Å². The van der Waals surface area contributed by atoms with Crippen molar-refractivity contribution in [3.05, 3.63) is 68.5 Å². The second kappa shape index (κ2) is 6.17. The van der Waals surface area contributed by atoms with Gasteiger partial charge in [-0.25, -0.2) is 4.39 Å². The Morgan fingerprint density at radius 1 is 1.33 bits per heavy atom. The number of rotatable bonds is 2. The first-order valence-electron chi connectivity index (χ1n) is 7.99. The predicted octanol–water partition coefficient (Wildman–Crippen LogP) is 5.84. The van der Waals surface area contributed by atoms with Crippen molar-refractivity contribution in [2.75, 3.05) is 6.54 Å². The smallest absolute Gasteiger partial charge is 0.165 e. The summed E-state index contributed by atoms with van der Waals surface area (Å²) in [7, 11) is 0. The third kappa shape index (κ3) is 2.67. The highest BCUT2D eigenvalue weighted by molar-refractivity contribution is 9.10. The zero-order valence-corrected chi connectivity index (χ0v) is 15.6. The fourth-order valence-corrected chi connectivity index (χ4v) is 4.67. The number of H-pyrrole nitrogens is 1. The molecule has 1 aliphatic heterocycles. The van der Waals surface area contributed by atoms with E-state index in [1.165, 1.54) is 11.1 Å². The van der Waals surface area contributed by atoms with Crippen molar-refractivity contribution >= 4 is 38.4 Å². The number of hydrogen-bond acceptors (Lipinski definition) is 1. The van der Waals surface area contributed by atoms with Crippen molar-refractivity contribution in [1.82, 2.24) is 9.88 Å². The minimum Gasteiger partial charge on any atom is -0.355 e. The van der Waals surface area contributed by atoms with E-state index in [9.17, 15) is 4.39 Å². The van der Waals surface area contributed by atoms with Gasteiger partial charge in [0, 0.05) is 41.1 Å². The molecule has 0 saturated heterocycles. The van der Waals surface area contributed by atoms with Crippen LogP contribution >= 0.6 is 27.5 Å². The average Bonchev–Trinajstić information content (AvgIpc) is 2.94. The fraction of sp³-hybridized carbons (Fsp3) is 0.263. The molecule has 0 bridgehead atoms. The van der Waals surface area contributed by atoms with Gasteiger partial charge in [-0.2, -0.15) is 0 Å². The average molecular weight is 408 g/mol. The van der Waals surface area contributed by atoms with Crippen molar-refractivity contribution < 1.29 is 4.39 Å². The van der Waals surface area contributed by atoms with Gasteiger partial charge in [-0.3, -0.25) is 4.90 Å². The van der Waals surface area contributed by atoms with Crippen LogP contribution in [0.3, 0.4) is 0 Å². The highest BCUT2D eigenvalue weighted by Gasteiger charge is 2.28. The molecule has 1 atom stereocenters. The van der Waals surface area contributed by atoms with E-state index in [0.717, 1.165) is 35.2 Å². The van der Waals surface area contributed by atoms with Crippen molar-refractivity contribution in [1.29, 1.82) is 0 Å². The quantitative estimate of drug-likeness (QED) is 0.529. The van der Waals surface area contributed by atoms with Crippen LogP contribution in [0.15, 0.2) is 40.9 Å². The first-order valence-corrected chi connectivity index (χ1v) is 9.16. The minimum atomic E-state index is -0.369. The third-order valence-electron chi connectivity index (χ3n) is 4.71. The number of hydrogen-bond donors (Lipinski definition) is 1. The Hall–Kier alpha value is -1.36. The van der Waals surface area contributed by atoms with Gasteiger partial charge in [0.2, 0.25) is 0 Å². The molecule has 2 heterocycles. The van der Waals surface area contributed by atoms with Crippen LogP contribution in [-0.2, 0) is 13.1 Å². The van der Waals surface area contributed by atoms with Crippen molar-refractivity contribution in [2.45, 2.75) is 25.9 Å². The molecule has 1 N–H and O–H groups in total. The summed E-state index contributed by atoms with van der Waals surface area (Å²) in [6.07, 6.45) is 0. The van der Waals surface area contributed by atoms with Gasteiger partial charge in [0.15, 0.2) is 5.82 Å². The molecule has 0 spiro atoms. The molecule has 1 aliphatic rings. The largest absolute Gasteiger partial charge is 0.355 e. The Morgan fingerprint density at radius 3 is 2.83 bits per heavy atom. The van der Waals surface area contributed by atoms with Crippen LogP contribution in [0.25, 0.3) is 10.9 Å². The van der Waals surface area contributed by atoms with Gasteiger partial charge >= 0.3 is 0 Å². The van der Waals surface area contributed by atoms with Gasteiger partial charge in [0.25, 0.3) is 0 Å². The highest BCUT2D eigenvalue weighted by Crippen LogP contribution is 2.40. The molecule has 24 heavy (non-hydrogen) atoms. The van der Waals surface area contributed by atoms with Gasteiger partial charge < -0.3 is 4.98 Å². The van der Waals surface area contributed by atoms with E-state index < -0.39 is 0 Å². The fourth-order valence-electron chi connectivity index (χ4n) is 3.67. The van der Waals surface area contributed by atoms with Crippen molar-refractivity contribution in [3.63, 3.8) is 0 Å². The summed E-state index contributed by atoms with van der Waals surface area (Å²) in [5, 5.41) is 1.05. The number of aromatic nitrogens is 1. The molecule has 2 nitrogen and oxygen atoms in total. The van der Waals surface area contributed by atoms with Crippen molar-refractivity contribution in [2.24, 2.45) is 0 Å². The monoisotopic (exact) mass is 406 g/mol. The maximum absolute atomic E-state index is 14.4. The molecule has 2 aromatic carbocycles.